The van der Waals surface area contributed by atoms with Crippen molar-refractivity contribution in [3.05, 3.63) is 33.8 Å². The van der Waals surface area contributed by atoms with Crippen molar-refractivity contribution < 1.29 is 0 Å². The standard InChI is InChI=1S/C13H17Cl2N/c1-16-6-4-10(5-7-16)8-11-2-3-12(14)9-13(11)15/h2-3,9-10H,4-8H2,1H3. The van der Waals surface area contributed by atoms with Crippen LogP contribution in [0.3, 0.4) is 0 Å². The van der Waals surface area contributed by atoms with Gasteiger partial charge in [-0.05, 0) is 63.0 Å². The van der Waals surface area contributed by atoms with Gasteiger partial charge in [0.15, 0.2) is 0 Å². The second-order valence-electron chi connectivity index (χ2n) is 4.69. The predicted molar refractivity (Wildman–Crippen MR) is 70.4 cm³/mol. The SMILES string of the molecule is CN1CCC(Cc2ccc(Cl)cc2Cl)CC1. The van der Waals surface area contributed by atoms with E-state index in [2.05, 4.69) is 18.0 Å². The van der Waals surface area contributed by atoms with Crippen molar-refractivity contribution in [2.24, 2.45) is 5.92 Å². The Morgan fingerprint density at radius 1 is 1.25 bits per heavy atom. The summed E-state index contributed by atoms with van der Waals surface area (Å²) in [7, 11) is 2.19. The molecule has 0 amide bonds. The first-order chi connectivity index (χ1) is 7.65. The van der Waals surface area contributed by atoms with Gasteiger partial charge in [-0.25, -0.2) is 0 Å². The summed E-state index contributed by atoms with van der Waals surface area (Å²) in [5.74, 6) is 0.773. The fourth-order valence-electron chi connectivity index (χ4n) is 2.26. The highest BCUT2D eigenvalue weighted by atomic mass is 35.5. The van der Waals surface area contributed by atoms with E-state index in [0.717, 1.165) is 22.4 Å². The van der Waals surface area contributed by atoms with Crippen molar-refractivity contribution in [3.8, 4) is 0 Å². The van der Waals surface area contributed by atoms with Crippen LogP contribution < -0.4 is 0 Å². The second kappa shape index (κ2) is 5.39. The average molecular weight is 258 g/mol. The lowest BCUT2D eigenvalue weighted by Crippen LogP contribution is -2.30. The summed E-state index contributed by atoms with van der Waals surface area (Å²) in [5.41, 5.74) is 1.24. The molecule has 0 bridgehead atoms. The van der Waals surface area contributed by atoms with Crippen molar-refractivity contribution >= 4 is 23.2 Å². The Hall–Kier alpha value is -0.240. The zero-order chi connectivity index (χ0) is 11.5. The monoisotopic (exact) mass is 257 g/mol. The zero-order valence-corrected chi connectivity index (χ0v) is 11.1. The highest BCUT2D eigenvalue weighted by molar-refractivity contribution is 6.35. The molecule has 0 unspecified atom stereocenters. The topological polar surface area (TPSA) is 3.24 Å². The molecule has 0 saturated carbocycles. The van der Waals surface area contributed by atoms with Gasteiger partial charge in [-0.3, -0.25) is 0 Å². The highest BCUT2D eigenvalue weighted by Gasteiger charge is 2.17. The summed E-state index contributed by atoms with van der Waals surface area (Å²) in [4.78, 5) is 2.39. The molecule has 0 radical (unpaired) electrons. The van der Waals surface area contributed by atoms with Gasteiger partial charge in [0.1, 0.15) is 0 Å². The molecule has 1 heterocycles. The number of benzene rings is 1. The van der Waals surface area contributed by atoms with E-state index in [9.17, 15) is 0 Å². The molecule has 1 aromatic rings. The number of hydrogen-bond acceptors (Lipinski definition) is 1. The Morgan fingerprint density at radius 2 is 1.94 bits per heavy atom. The molecule has 0 N–H and O–H groups in total. The van der Waals surface area contributed by atoms with Crippen molar-refractivity contribution in [1.82, 2.24) is 4.90 Å². The molecule has 16 heavy (non-hydrogen) atoms. The Morgan fingerprint density at radius 3 is 2.56 bits per heavy atom. The zero-order valence-electron chi connectivity index (χ0n) is 9.55. The van der Waals surface area contributed by atoms with Gasteiger partial charge in [-0.2, -0.15) is 0 Å². The van der Waals surface area contributed by atoms with Crippen LogP contribution in [0.4, 0.5) is 0 Å². The van der Waals surface area contributed by atoms with E-state index in [1.54, 1.807) is 0 Å². The van der Waals surface area contributed by atoms with Gasteiger partial charge >= 0.3 is 0 Å². The first kappa shape index (κ1) is 12.2. The Balaban J connectivity index is 1.98. The van der Waals surface area contributed by atoms with Crippen LogP contribution in [-0.2, 0) is 6.42 Å². The molecule has 1 aliphatic rings. The number of piperidine rings is 1. The van der Waals surface area contributed by atoms with E-state index >= 15 is 0 Å². The van der Waals surface area contributed by atoms with Crippen LogP contribution in [0.15, 0.2) is 18.2 Å². The van der Waals surface area contributed by atoms with E-state index < -0.39 is 0 Å². The van der Waals surface area contributed by atoms with Gasteiger partial charge < -0.3 is 4.90 Å². The minimum Gasteiger partial charge on any atom is -0.306 e. The second-order valence-corrected chi connectivity index (χ2v) is 5.53. The number of likely N-dealkylation sites (tertiary alicyclic amines) is 1. The van der Waals surface area contributed by atoms with Crippen LogP contribution in [-0.4, -0.2) is 25.0 Å². The lowest BCUT2D eigenvalue weighted by atomic mass is 9.90. The van der Waals surface area contributed by atoms with Crippen molar-refractivity contribution in [2.45, 2.75) is 19.3 Å². The number of hydrogen-bond donors (Lipinski definition) is 0. The van der Waals surface area contributed by atoms with Gasteiger partial charge in [-0.15, -0.1) is 0 Å². The maximum atomic E-state index is 6.18. The smallest absolute Gasteiger partial charge is 0.0452 e. The molecule has 0 aliphatic carbocycles. The van der Waals surface area contributed by atoms with E-state index in [4.69, 9.17) is 23.2 Å². The molecule has 0 atom stereocenters. The Kier molecular flexibility index (Phi) is 4.12. The van der Waals surface area contributed by atoms with Crippen LogP contribution in [0.2, 0.25) is 10.0 Å². The summed E-state index contributed by atoms with van der Waals surface area (Å²) < 4.78 is 0. The number of nitrogens with zero attached hydrogens (tertiary/aromatic N) is 1. The van der Waals surface area contributed by atoms with Gasteiger partial charge in [0.2, 0.25) is 0 Å². The van der Waals surface area contributed by atoms with Crippen molar-refractivity contribution in [1.29, 1.82) is 0 Å². The highest BCUT2D eigenvalue weighted by Crippen LogP contribution is 2.27. The Labute approximate surface area is 107 Å². The lowest BCUT2D eigenvalue weighted by Gasteiger charge is -2.29. The van der Waals surface area contributed by atoms with Gasteiger partial charge in [0, 0.05) is 10.0 Å². The molecule has 1 nitrogen and oxygen atoms in total. The van der Waals surface area contributed by atoms with Gasteiger partial charge in [0.05, 0.1) is 0 Å². The van der Waals surface area contributed by atoms with Crippen molar-refractivity contribution in [3.63, 3.8) is 0 Å². The van der Waals surface area contributed by atoms with E-state index in [1.165, 1.54) is 31.5 Å². The van der Waals surface area contributed by atoms with Crippen LogP contribution in [0.5, 0.6) is 0 Å². The van der Waals surface area contributed by atoms with E-state index in [0.29, 0.717) is 0 Å². The minimum atomic E-state index is 0.720. The van der Waals surface area contributed by atoms with E-state index in [1.807, 2.05) is 12.1 Å². The quantitative estimate of drug-likeness (QED) is 0.778. The molecule has 0 aromatic heterocycles. The molecular weight excluding hydrogens is 241 g/mol. The summed E-state index contributed by atoms with van der Waals surface area (Å²) >= 11 is 12.1. The Bertz CT molecular complexity index is 357. The third-order valence-electron chi connectivity index (χ3n) is 3.36. The molecule has 2 rings (SSSR count). The maximum absolute atomic E-state index is 6.18. The molecular formula is C13H17Cl2N. The largest absolute Gasteiger partial charge is 0.306 e. The minimum absolute atomic E-state index is 0.720. The first-order valence-corrected chi connectivity index (χ1v) is 6.53. The van der Waals surface area contributed by atoms with E-state index in [-0.39, 0.29) is 0 Å². The molecule has 1 saturated heterocycles. The first-order valence-electron chi connectivity index (χ1n) is 5.77. The van der Waals surface area contributed by atoms with Crippen LogP contribution in [0, 0.1) is 5.92 Å². The number of halogens is 2. The lowest BCUT2D eigenvalue weighted by molar-refractivity contribution is 0.219. The molecule has 88 valence electrons. The predicted octanol–water partition coefficient (Wildman–Crippen LogP) is 3.88. The maximum Gasteiger partial charge on any atom is 0.0452 e. The normalized spacial score (nSPS) is 18.9. The summed E-state index contributed by atoms with van der Waals surface area (Å²) in [6.45, 7) is 2.41. The molecule has 0 spiro atoms. The molecule has 3 heteroatoms. The average Bonchev–Trinajstić information content (AvgIpc) is 2.25. The third-order valence-corrected chi connectivity index (χ3v) is 3.95. The van der Waals surface area contributed by atoms with Gasteiger partial charge in [-0.1, -0.05) is 29.3 Å². The van der Waals surface area contributed by atoms with Crippen molar-refractivity contribution in [2.75, 3.05) is 20.1 Å². The van der Waals surface area contributed by atoms with Crippen LogP contribution in [0.1, 0.15) is 18.4 Å². The molecule has 1 aliphatic heterocycles. The summed E-state index contributed by atoms with van der Waals surface area (Å²) in [5, 5.41) is 1.53. The van der Waals surface area contributed by atoms with Crippen LogP contribution in [0.25, 0.3) is 0 Å². The third kappa shape index (κ3) is 3.13. The number of rotatable bonds is 2. The summed E-state index contributed by atoms with van der Waals surface area (Å²) in [6.07, 6.45) is 3.63. The fraction of sp³-hybridized carbons (Fsp3) is 0.538. The van der Waals surface area contributed by atoms with Crippen LogP contribution >= 0.6 is 23.2 Å². The molecule has 1 fully saturated rings. The fourth-order valence-corrected chi connectivity index (χ4v) is 2.75. The summed E-state index contributed by atoms with van der Waals surface area (Å²) in [6, 6.07) is 5.83. The molecule has 1 aromatic carbocycles. The van der Waals surface area contributed by atoms with Gasteiger partial charge in [0.25, 0.3) is 0 Å².